The highest BCUT2D eigenvalue weighted by molar-refractivity contribution is 7.45. The Kier molecular flexibility index (Phi) is 34.8. The molecule has 0 aromatic rings. The molecule has 2 unspecified atom stereocenters. The van der Waals surface area contributed by atoms with E-state index in [9.17, 15) is 14.3 Å². The summed E-state index contributed by atoms with van der Waals surface area (Å²) in [6, 6.07) is 0. The normalized spacial score (nSPS) is 14.2. The molecule has 0 heterocycles. The molecule has 0 bridgehead atoms. The fourth-order valence-electron chi connectivity index (χ4n) is 5.38. The molecule has 0 aromatic carbocycles. The first-order valence-corrected chi connectivity index (χ1v) is 22.2. The summed E-state index contributed by atoms with van der Waals surface area (Å²) in [7, 11) is 1.34. The molecule has 0 aliphatic heterocycles. The van der Waals surface area contributed by atoms with Gasteiger partial charge in [-0.3, -0.25) is 9.36 Å². The molecule has 0 amide bonds. The van der Waals surface area contributed by atoms with Gasteiger partial charge in [0.25, 0.3) is 7.82 Å². The summed E-state index contributed by atoms with van der Waals surface area (Å²) in [4.78, 5) is 25.0. The van der Waals surface area contributed by atoms with E-state index in [2.05, 4.69) is 50.3 Å². The van der Waals surface area contributed by atoms with Gasteiger partial charge in [0.2, 0.25) is 0 Å². The Hall–Kier alpha value is -1.28. The second-order valence-corrected chi connectivity index (χ2v) is 16.4. The summed E-state index contributed by atoms with van der Waals surface area (Å²) in [5, 5.41) is 0. The SMILES string of the molecule is CCCC/C=C\C/C=C\CCCCCCCC(=O)OC(COCCCCCCCC/C=C\CCCCCCC)COP(=O)([O-])OCC[N+](C)(C)C. The number of hydrogen-bond acceptors (Lipinski definition) is 7. The van der Waals surface area contributed by atoms with Crippen LogP contribution < -0.4 is 4.89 Å². The third-order valence-corrected chi connectivity index (χ3v) is 9.63. The zero-order chi connectivity index (χ0) is 37.7. The van der Waals surface area contributed by atoms with Gasteiger partial charge in [-0.2, -0.15) is 0 Å². The summed E-state index contributed by atoms with van der Waals surface area (Å²) >= 11 is 0. The first kappa shape index (κ1) is 49.7. The number of carbonyl (C=O) groups excluding carboxylic acids is 1. The van der Waals surface area contributed by atoms with Crippen LogP contribution in [0.4, 0.5) is 0 Å². The maximum absolute atomic E-state index is 12.6. The first-order valence-electron chi connectivity index (χ1n) is 20.7. The maximum Gasteiger partial charge on any atom is 0.306 e. The van der Waals surface area contributed by atoms with Gasteiger partial charge in [0.05, 0.1) is 34.4 Å². The lowest BCUT2D eigenvalue weighted by Gasteiger charge is -2.28. The molecule has 0 aromatic heterocycles. The van der Waals surface area contributed by atoms with Gasteiger partial charge in [0.1, 0.15) is 19.3 Å². The van der Waals surface area contributed by atoms with Crippen LogP contribution in [0.3, 0.4) is 0 Å². The molecule has 0 radical (unpaired) electrons. The molecular formula is C42H80NO7P. The molecule has 0 aliphatic rings. The monoisotopic (exact) mass is 742 g/mol. The Labute approximate surface area is 315 Å². The van der Waals surface area contributed by atoms with Crippen molar-refractivity contribution in [2.75, 3.05) is 54.1 Å². The molecule has 0 saturated heterocycles. The van der Waals surface area contributed by atoms with Crippen molar-refractivity contribution >= 4 is 13.8 Å². The molecular weight excluding hydrogens is 661 g/mol. The van der Waals surface area contributed by atoms with E-state index in [1.54, 1.807) is 0 Å². The number of allylic oxidation sites excluding steroid dienone is 6. The van der Waals surface area contributed by atoms with E-state index in [1.807, 2.05) is 21.1 Å². The number of phosphoric acid groups is 1. The molecule has 300 valence electrons. The van der Waals surface area contributed by atoms with Crippen molar-refractivity contribution in [1.82, 2.24) is 0 Å². The molecule has 0 spiro atoms. The van der Waals surface area contributed by atoms with Crippen LogP contribution in [0.15, 0.2) is 36.5 Å². The number of hydrogen-bond donors (Lipinski definition) is 0. The maximum atomic E-state index is 12.6. The lowest BCUT2D eigenvalue weighted by Crippen LogP contribution is -2.37. The van der Waals surface area contributed by atoms with Gasteiger partial charge in [-0.1, -0.05) is 134 Å². The highest BCUT2D eigenvalue weighted by Crippen LogP contribution is 2.38. The number of esters is 1. The van der Waals surface area contributed by atoms with Gasteiger partial charge >= 0.3 is 5.97 Å². The lowest BCUT2D eigenvalue weighted by atomic mass is 10.1. The zero-order valence-electron chi connectivity index (χ0n) is 33.8. The van der Waals surface area contributed by atoms with Crippen LogP contribution in [0.1, 0.15) is 168 Å². The number of carbonyl (C=O) groups is 1. The molecule has 0 fully saturated rings. The van der Waals surface area contributed by atoms with Crippen molar-refractivity contribution in [2.24, 2.45) is 0 Å². The third kappa shape index (κ3) is 39.8. The highest BCUT2D eigenvalue weighted by atomic mass is 31.2. The fraction of sp³-hybridized carbons (Fsp3) is 0.833. The molecule has 2 atom stereocenters. The fourth-order valence-corrected chi connectivity index (χ4v) is 6.11. The molecule has 9 heteroatoms. The number of quaternary nitrogens is 1. The zero-order valence-corrected chi connectivity index (χ0v) is 34.7. The number of rotatable bonds is 38. The number of nitrogens with zero attached hydrogens (tertiary/aromatic N) is 1. The van der Waals surface area contributed by atoms with Gasteiger partial charge in [-0.15, -0.1) is 0 Å². The van der Waals surface area contributed by atoms with Crippen LogP contribution in [0.5, 0.6) is 0 Å². The topological polar surface area (TPSA) is 94.1 Å². The van der Waals surface area contributed by atoms with Gasteiger partial charge < -0.3 is 27.9 Å². The molecule has 8 nitrogen and oxygen atoms in total. The number of unbranched alkanes of at least 4 members (excludes halogenated alkanes) is 18. The van der Waals surface area contributed by atoms with E-state index in [4.69, 9.17) is 18.5 Å². The Morgan fingerprint density at radius 2 is 1.10 bits per heavy atom. The van der Waals surface area contributed by atoms with E-state index in [0.717, 1.165) is 57.8 Å². The van der Waals surface area contributed by atoms with E-state index in [1.165, 1.54) is 89.9 Å². The number of likely N-dealkylation sites (N-methyl/N-ethyl adjacent to an activating group) is 1. The Morgan fingerprint density at radius 1 is 0.608 bits per heavy atom. The van der Waals surface area contributed by atoms with Crippen molar-refractivity contribution in [3.63, 3.8) is 0 Å². The Morgan fingerprint density at radius 3 is 1.67 bits per heavy atom. The minimum absolute atomic E-state index is 0.0217. The quantitative estimate of drug-likeness (QED) is 0.0204. The second kappa shape index (κ2) is 35.7. The Balaban J connectivity index is 4.30. The standard InChI is InChI=1S/C42H80NO7P/c1-6-8-10-12-14-16-18-20-22-24-26-28-30-32-34-37-47-39-41(40-49-51(45,46)48-38-36-43(3,4)5)50-42(44)35-33-31-29-27-25-23-21-19-17-15-13-11-9-7-2/h13,15,18-21,41H,6-12,14,16-17,22-40H2,1-5H3/b15-13-,20-18-,21-19-. The van der Waals surface area contributed by atoms with Crippen LogP contribution in [-0.4, -0.2) is 70.7 Å². The minimum Gasteiger partial charge on any atom is -0.756 e. The van der Waals surface area contributed by atoms with Crippen LogP contribution in [-0.2, 0) is 27.9 Å². The lowest BCUT2D eigenvalue weighted by molar-refractivity contribution is -0.870. The van der Waals surface area contributed by atoms with E-state index >= 15 is 0 Å². The van der Waals surface area contributed by atoms with Crippen LogP contribution >= 0.6 is 7.82 Å². The summed E-state index contributed by atoms with van der Waals surface area (Å²) in [5.41, 5.74) is 0. The summed E-state index contributed by atoms with van der Waals surface area (Å²) in [6.45, 7) is 5.33. The molecule has 0 aliphatic carbocycles. The minimum atomic E-state index is -4.52. The predicted molar refractivity (Wildman–Crippen MR) is 213 cm³/mol. The van der Waals surface area contributed by atoms with Crippen LogP contribution in [0, 0.1) is 0 Å². The van der Waals surface area contributed by atoms with Gasteiger partial charge in [0.15, 0.2) is 0 Å². The smallest absolute Gasteiger partial charge is 0.306 e. The van der Waals surface area contributed by atoms with Crippen molar-refractivity contribution in [1.29, 1.82) is 0 Å². The van der Waals surface area contributed by atoms with E-state index in [-0.39, 0.29) is 25.8 Å². The van der Waals surface area contributed by atoms with Gasteiger partial charge in [-0.05, 0) is 64.2 Å². The summed E-state index contributed by atoms with van der Waals surface area (Å²) in [5.74, 6) is -0.351. The van der Waals surface area contributed by atoms with Crippen molar-refractivity contribution in [3.05, 3.63) is 36.5 Å². The predicted octanol–water partition coefficient (Wildman–Crippen LogP) is 11.2. The van der Waals surface area contributed by atoms with Crippen LogP contribution in [0.25, 0.3) is 0 Å². The van der Waals surface area contributed by atoms with Crippen molar-refractivity contribution < 1.29 is 37.3 Å². The second-order valence-electron chi connectivity index (χ2n) is 15.0. The summed E-state index contributed by atoms with van der Waals surface area (Å²) < 4.78 is 34.5. The number of phosphoric ester groups is 1. The van der Waals surface area contributed by atoms with Crippen molar-refractivity contribution in [2.45, 2.75) is 174 Å². The average molecular weight is 742 g/mol. The molecule has 0 saturated carbocycles. The summed E-state index contributed by atoms with van der Waals surface area (Å²) in [6.07, 6.45) is 40.0. The number of ether oxygens (including phenoxy) is 2. The van der Waals surface area contributed by atoms with E-state index in [0.29, 0.717) is 24.1 Å². The molecule has 0 rings (SSSR count). The molecule has 0 N–H and O–H groups in total. The van der Waals surface area contributed by atoms with Crippen LogP contribution in [0.2, 0.25) is 0 Å². The average Bonchev–Trinajstić information content (AvgIpc) is 3.08. The van der Waals surface area contributed by atoms with E-state index < -0.39 is 13.9 Å². The van der Waals surface area contributed by atoms with Gasteiger partial charge in [0, 0.05) is 13.0 Å². The highest BCUT2D eigenvalue weighted by Gasteiger charge is 2.20. The Bertz CT molecular complexity index is 915. The largest absolute Gasteiger partial charge is 0.756 e. The van der Waals surface area contributed by atoms with Crippen molar-refractivity contribution in [3.8, 4) is 0 Å². The molecule has 51 heavy (non-hydrogen) atoms. The first-order chi connectivity index (χ1) is 24.6. The van der Waals surface area contributed by atoms with Gasteiger partial charge in [-0.25, -0.2) is 0 Å². The third-order valence-electron chi connectivity index (χ3n) is 8.66.